The molecule has 27 heavy (non-hydrogen) atoms. The Morgan fingerprint density at radius 3 is 2.63 bits per heavy atom. The monoisotopic (exact) mass is 384 g/mol. The van der Waals surface area contributed by atoms with E-state index in [4.69, 9.17) is 4.74 Å². The third-order valence-electron chi connectivity index (χ3n) is 4.17. The molecule has 1 N–H and O–H groups in total. The summed E-state index contributed by atoms with van der Waals surface area (Å²) in [5.41, 5.74) is 2.93. The number of likely N-dealkylation sites (N-methyl/N-ethyl adjacent to an activating group) is 1. The smallest absolute Gasteiger partial charge is 0.264 e. The van der Waals surface area contributed by atoms with Crippen LogP contribution in [0.5, 0.6) is 5.75 Å². The van der Waals surface area contributed by atoms with Gasteiger partial charge < -0.3 is 15.0 Å². The van der Waals surface area contributed by atoms with Gasteiger partial charge in [-0.2, -0.15) is 0 Å². The van der Waals surface area contributed by atoms with Crippen LogP contribution in [0, 0.1) is 6.92 Å². The molecule has 2 aromatic carbocycles. The maximum Gasteiger partial charge on any atom is 0.264 e. The molecule has 0 radical (unpaired) electrons. The fourth-order valence-corrected chi connectivity index (χ4v) is 3.31. The highest BCUT2D eigenvalue weighted by Gasteiger charge is 2.23. The van der Waals surface area contributed by atoms with Gasteiger partial charge in [0.25, 0.3) is 5.91 Å². The van der Waals surface area contributed by atoms with Crippen molar-refractivity contribution in [1.29, 1.82) is 0 Å². The van der Waals surface area contributed by atoms with Crippen LogP contribution in [0.2, 0.25) is 0 Å². The van der Waals surface area contributed by atoms with Crippen molar-refractivity contribution in [2.45, 2.75) is 6.92 Å². The molecule has 0 saturated heterocycles. The summed E-state index contributed by atoms with van der Waals surface area (Å²) in [6, 6.07) is 12.6. The largest absolute Gasteiger partial charge is 0.482 e. The Morgan fingerprint density at radius 2 is 1.89 bits per heavy atom. The molecular weight excluding hydrogens is 364 g/mol. The van der Waals surface area contributed by atoms with Crippen molar-refractivity contribution in [3.8, 4) is 5.75 Å². The lowest BCUT2D eigenvalue weighted by Gasteiger charge is -2.26. The lowest BCUT2D eigenvalue weighted by molar-refractivity contribution is -0.121. The second-order valence-corrected chi connectivity index (χ2v) is 7.24. The number of fused-ring (bicyclic) bond motifs is 1. The molecule has 0 aliphatic carbocycles. The molecule has 0 saturated carbocycles. The summed E-state index contributed by atoms with van der Waals surface area (Å²) in [5.74, 6) is 0.538. The highest BCUT2D eigenvalue weighted by Crippen LogP contribution is 2.32. The van der Waals surface area contributed by atoms with Crippen LogP contribution in [0.4, 0.5) is 11.4 Å². The first kappa shape index (κ1) is 19.0. The Labute approximate surface area is 161 Å². The minimum absolute atomic E-state index is 0.00272. The zero-order valence-electron chi connectivity index (χ0n) is 15.2. The van der Waals surface area contributed by atoms with Crippen molar-refractivity contribution in [3.63, 3.8) is 0 Å². The van der Waals surface area contributed by atoms with E-state index >= 15 is 0 Å². The van der Waals surface area contributed by atoms with Crippen molar-refractivity contribution in [2.24, 2.45) is 0 Å². The molecule has 1 aliphatic heterocycles. The Kier molecular flexibility index (Phi) is 5.81. The van der Waals surface area contributed by atoms with Gasteiger partial charge in [0.1, 0.15) is 5.75 Å². The number of ether oxygens (including phenoxy) is 1. The third-order valence-corrected chi connectivity index (χ3v) is 5.10. The standard InChI is InChI=1S/C20H20N2O4S/c1-13-3-6-15(7-4-13)21-19(24)12-27-11-17(23)14-5-8-18-16(9-14)22(2)20(25)10-26-18/h3-9H,10-12H2,1-2H3,(H,21,24). The molecule has 140 valence electrons. The van der Waals surface area contributed by atoms with E-state index in [-0.39, 0.29) is 35.7 Å². The average Bonchev–Trinajstić information content (AvgIpc) is 2.66. The van der Waals surface area contributed by atoms with Gasteiger partial charge in [0.15, 0.2) is 12.4 Å². The average molecular weight is 384 g/mol. The molecule has 2 aromatic rings. The fraction of sp³-hybridized carbons (Fsp3) is 0.250. The zero-order chi connectivity index (χ0) is 19.4. The Morgan fingerprint density at radius 1 is 1.15 bits per heavy atom. The van der Waals surface area contributed by atoms with E-state index in [1.54, 1.807) is 25.2 Å². The summed E-state index contributed by atoms with van der Waals surface area (Å²) in [4.78, 5) is 37.6. The summed E-state index contributed by atoms with van der Waals surface area (Å²) in [5, 5.41) is 2.80. The first-order valence-electron chi connectivity index (χ1n) is 8.45. The fourth-order valence-electron chi connectivity index (χ4n) is 2.60. The maximum absolute atomic E-state index is 12.4. The first-order chi connectivity index (χ1) is 12.9. The number of carbonyl (C=O) groups excluding carboxylic acids is 3. The molecule has 3 rings (SSSR count). The number of amides is 2. The Balaban J connectivity index is 1.53. The normalized spacial score (nSPS) is 13.0. The lowest BCUT2D eigenvalue weighted by atomic mass is 10.1. The summed E-state index contributed by atoms with van der Waals surface area (Å²) in [6.45, 7) is 1.98. The second kappa shape index (κ2) is 8.26. The zero-order valence-corrected chi connectivity index (χ0v) is 16.0. The predicted octanol–water partition coefficient (Wildman–Crippen LogP) is 2.90. The molecule has 6 nitrogen and oxygen atoms in total. The molecule has 0 atom stereocenters. The van der Waals surface area contributed by atoms with Gasteiger partial charge in [-0.15, -0.1) is 11.8 Å². The lowest BCUT2D eigenvalue weighted by Crippen LogP contribution is -2.35. The number of nitrogens with zero attached hydrogens (tertiary/aromatic N) is 1. The number of benzene rings is 2. The van der Waals surface area contributed by atoms with Gasteiger partial charge >= 0.3 is 0 Å². The minimum Gasteiger partial charge on any atom is -0.482 e. The number of hydrogen-bond donors (Lipinski definition) is 1. The SMILES string of the molecule is Cc1ccc(NC(=O)CSCC(=O)c2ccc3c(c2)N(C)C(=O)CO3)cc1. The summed E-state index contributed by atoms with van der Waals surface area (Å²) < 4.78 is 5.36. The van der Waals surface area contributed by atoms with Crippen LogP contribution >= 0.6 is 11.8 Å². The summed E-state index contributed by atoms with van der Waals surface area (Å²) in [7, 11) is 1.65. The van der Waals surface area contributed by atoms with Crippen molar-refractivity contribution < 1.29 is 19.1 Å². The first-order valence-corrected chi connectivity index (χ1v) is 9.60. The van der Waals surface area contributed by atoms with Gasteiger partial charge in [0.2, 0.25) is 5.91 Å². The van der Waals surface area contributed by atoms with E-state index in [1.165, 1.54) is 16.7 Å². The van der Waals surface area contributed by atoms with Gasteiger partial charge in [-0.3, -0.25) is 14.4 Å². The van der Waals surface area contributed by atoms with E-state index in [0.29, 0.717) is 17.0 Å². The van der Waals surface area contributed by atoms with Crippen LogP contribution in [0.15, 0.2) is 42.5 Å². The molecule has 0 fully saturated rings. The quantitative estimate of drug-likeness (QED) is 0.775. The van der Waals surface area contributed by atoms with Crippen LogP contribution in [-0.4, -0.2) is 42.8 Å². The number of anilines is 2. The molecule has 1 heterocycles. The van der Waals surface area contributed by atoms with Crippen molar-refractivity contribution in [3.05, 3.63) is 53.6 Å². The number of Topliss-reactive ketones (excluding diaryl/α,β-unsaturated/α-hetero) is 1. The minimum atomic E-state index is -0.158. The molecule has 0 unspecified atom stereocenters. The molecule has 1 aliphatic rings. The Bertz CT molecular complexity index is 880. The van der Waals surface area contributed by atoms with Gasteiger partial charge in [-0.05, 0) is 37.3 Å². The van der Waals surface area contributed by atoms with Crippen molar-refractivity contribution >= 4 is 40.7 Å². The van der Waals surface area contributed by atoms with E-state index in [1.807, 2.05) is 31.2 Å². The maximum atomic E-state index is 12.4. The van der Waals surface area contributed by atoms with Crippen LogP contribution in [-0.2, 0) is 9.59 Å². The van der Waals surface area contributed by atoms with Crippen molar-refractivity contribution in [2.75, 3.05) is 35.4 Å². The highest BCUT2D eigenvalue weighted by atomic mass is 32.2. The molecule has 0 spiro atoms. The molecule has 0 aromatic heterocycles. The van der Waals surface area contributed by atoms with E-state index < -0.39 is 0 Å². The van der Waals surface area contributed by atoms with Crippen LogP contribution in [0.1, 0.15) is 15.9 Å². The molecular formula is C20H20N2O4S. The number of hydrogen-bond acceptors (Lipinski definition) is 5. The number of rotatable bonds is 6. The molecule has 0 bridgehead atoms. The van der Waals surface area contributed by atoms with Gasteiger partial charge in [-0.1, -0.05) is 17.7 Å². The van der Waals surface area contributed by atoms with Gasteiger partial charge in [-0.25, -0.2) is 0 Å². The van der Waals surface area contributed by atoms with Gasteiger partial charge in [0.05, 0.1) is 17.2 Å². The van der Waals surface area contributed by atoms with E-state index in [2.05, 4.69) is 5.32 Å². The third kappa shape index (κ3) is 4.68. The topological polar surface area (TPSA) is 75.7 Å². The summed E-state index contributed by atoms with van der Waals surface area (Å²) >= 11 is 1.25. The predicted molar refractivity (Wildman–Crippen MR) is 107 cm³/mol. The van der Waals surface area contributed by atoms with E-state index in [0.717, 1.165) is 11.3 Å². The van der Waals surface area contributed by atoms with Crippen LogP contribution in [0.25, 0.3) is 0 Å². The number of nitrogens with one attached hydrogen (secondary N) is 1. The summed E-state index contributed by atoms with van der Waals surface area (Å²) in [6.07, 6.45) is 0. The second-order valence-electron chi connectivity index (χ2n) is 6.25. The van der Waals surface area contributed by atoms with Crippen LogP contribution < -0.4 is 15.0 Å². The van der Waals surface area contributed by atoms with Gasteiger partial charge in [0, 0.05) is 18.3 Å². The number of ketones is 1. The highest BCUT2D eigenvalue weighted by molar-refractivity contribution is 8.00. The number of carbonyl (C=O) groups is 3. The molecule has 2 amide bonds. The van der Waals surface area contributed by atoms with E-state index in [9.17, 15) is 14.4 Å². The number of aryl methyl sites for hydroxylation is 1. The van der Waals surface area contributed by atoms with Crippen molar-refractivity contribution in [1.82, 2.24) is 0 Å². The molecule has 7 heteroatoms. The van der Waals surface area contributed by atoms with Crippen LogP contribution in [0.3, 0.4) is 0 Å². The number of thioether (sulfide) groups is 1. The Hall–Kier alpha value is -2.80.